The molecule has 0 bridgehead atoms. The van der Waals surface area contributed by atoms with Crippen molar-refractivity contribution >= 4 is 34.8 Å². The van der Waals surface area contributed by atoms with Gasteiger partial charge in [0.05, 0.1) is 19.6 Å². The molecular weight excluding hydrogens is 350 g/mol. The van der Waals surface area contributed by atoms with E-state index in [0.717, 1.165) is 35.7 Å². The molecule has 0 aromatic heterocycles. The van der Waals surface area contributed by atoms with E-state index in [4.69, 9.17) is 22.2 Å². The number of methoxy groups -OCH3 is 1. The number of hydrogen-bond acceptors (Lipinski definition) is 4. The van der Waals surface area contributed by atoms with Gasteiger partial charge in [0.1, 0.15) is 5.75 Å². The number of benzene rings is 2. The molecule has 0 fully saturated rings. The van der Waals surface area contributed by atoms with E-state index in [1.165, 1.54) is 4.90 Å². The molecule has 2 N–H and O–H groups in total. The molecule has 0 unspecified atom stereocenters. The van der Waals surface area contributed by atoms with E-state index in [1.807, 2.05) is 48.2 Å². The summed E-state index contributed by atoms with van der Waals surface area (Å²) in [6.45, 7) is 0.821. The zero-order chi connectivity index (χ0) is 17.9. The highest BCUT2D eigenvalue weighted by atomic mass is 32.2. The van der Waals surface area contributed by atoms with Gasteiger partial charge >= 0.3 is 0 Å². The number of thioether (sulfide) groups is 1. The van der Waals surface area contributed by atoms with E-state index in [9.17, 15) is 0 Å². The number of nitriles is 1. The highest BCUT2D eigenvalue weighted by Crippen LogP contribution is 2.21. The molecule has 130 valence electrons. The summed E-state index contributed by atoms with van der Waals surface area (Å²) in [5.41, 5.74) is 1.93. The molecule has 2 aromatic rings. The van der Waals surface area contributed by atoms with Gasteiger partial charge in [-0.2, -0.15) is 5.26 Å². The van der Waals surface area contributed by atoms with Gasteiger partial charge in [-0.1, -0.05) is 12.1 Å². The predicted octanol–water partition coefficient (Wildman–Crippen LogP) is 4.23. The van der Waals surface area contributed by atoms with Crippen molar-refractivity contribution in [3.8, 4) is 11.8 Å². The second-order valence-electron chi connectivity index (χ2n) is 5.29. The van der Waals surface area contributed by atoms with Gasteiger partial charge in [0.25, 0.3) is 0 Å². The van der Waals surface area contributed by atoms with Gasteiger partial charge in [0.2, 0.25) is 0 Å². The number of anilines is 1. The summed E-state index contributed by atoms with van der Waals surface area (Å²) >= 11 is 7.11. The van der Waals surface area contributed by atoms with Crippen LogP contribution in [0.2, 0.25) is 0 Å². The minimum absolute atomic E-state index is 0.425. The third-order valence-electron chi connectivity index (χ3n) is 3.43. The average Bonchev–Trinajstić information content (AvgIpc) is 2.64. The van der Waals surface area contributed by atoms with Gasteiger partial charge in [-0.3, -0.25) is 0 Å². The molecule has 0 spiro atoms. The second kappa shape index (κ2) is 10.6. The number of nitrogens with zero attached hydrogens (tertiary/aromatic N) is 1. The Bertz CT molecular complexity index is 709. The van der Waals surface area contributed by atoms with Crippen LogP contribution in [-0.4, -0.2) is 24.5 Å². The average molecular weight is 372 g/mol. The van der Waals surface area contributed by atoms with Crippen LogP contribution in [0.5, 0.6) is 5.75 Å². The maximum absolute atomic E-state index is 8.67. The van der Waals surface area contributed by atoms with Crippen molar-refractivity contribution in [3.05, 3.63) is 54.1 Å². The fraction of sp³-hybridized carbons (Fsp3) is 0.263. The van der Waals surface area contributed by atoms with Crippen molar-refractivity contribution in [1.29, 1.82) is 5.26 Å². The van der Waals surface area contributed by atoms with Gasteiger partial charge in [0, 0.05) is 17.1 Å². The molecule has 0 radical (unpaired) electrons. The predicted molar refractivity (Wildman–Crippen MR) is 108 cm³/mol. The number of thiocarbonyl (C=S) groups is 1. The molecule has 0 saturated carbocycles. The summed E-state index contributed by atoms with van der Waals surface area (Å²) in [6, 6.07) is 17.9. The van der Waals surface area contributed by atoms with Crippen LogP contribution in [-0.2, 0) is 6.42 Å². The van der Waals surface area contributed by atoms with Crippen LogP contribution in [0, 0.1) is 11.3 Å². The lowest BCUT2D eigenvalue weighted by Gasteiger charge is -2.10. The van der Waals surface area contributed by atoms with Crippen molar-refractivity contribution in [2.75, 3.05) is 24.7 Å². The third-order valence-corrected chi connectivity index (χ3v) is 4.77. The molecule has 0 aliphatic carbocycles. The Balaban J connectivity index is 1.62. The maximum Gasteiger partial charge on any atom is 0.170 e. The zero-order valence-corrected chi connectivity index (χ0v) is 15.8. The molecule has 0 heterocycles. The van der Waals surface area contributed by atoms with Crippen LogP contribution in [0.15, 0.2) is 53.4 Å². The fourth-order valence-electron chi connectivity index (χ4n) is 2.11. The van der Waals surface area contributed by atoms with Crippen molar-refractivity contribution < 1.29 is 4.74 Å². The summed E-state index contributed by atoms with van der Waals surface area (Å²) < 4.78 is 5.15. The van der Waals surface area contributed by atoms with E-state index in [1.54, 1.807) is 7.11 Å². The minimum atomic E-state index is 0.425. The topological polar surface area (TPSA) is 57.1 Å². The van der Waals surface area contributed by atoms with Gasteiger partial charge in [-0.05, 0) is 66.4 Å². The number of ether oxygens (including phenoxy) is 1. The van der Waals surface area contributed by atoms with Gasteiger partial charge in [-0.25, -0.2) is 0 Å². The Kier molecular flexibility index (Phi) is 8.10. The summed E-state index contributed by atoms with van der Waals surface area (Å²) in [7, 11) is 1.67. The molecule has 4 nitrogen and oxygen atoms in total. The molecule has 2 aromatic carbocycles. The normalized spacial score (nSPS) is 9.92. The first-order valence-corrected chi connectivity index (χ1v) is 9.38. The van der Waals surface area contributed by atoms with Gasteiger partial charge in [-0.15, -0.1) is 11.8 Å². The van der Waals surface area contributed by atoms with Crippen LogP contribution in [0.4, 0.5) is 5.69 Å². The molecule has 0 amide bonds. The molecule has 0 saturated heterocycles. The largest absolute Gasteiger partial charge is 0.497 e. The molecule has 25 heavy (non-hydrogen) atoms. The SMILES string of the molecule is COc1ccc(SCCCNC(=S)Nc2ccc(CC#N)cc2)cc1. The lowest BCUT2D eigenvalue weighted by molar-refractivity contribution is 0.414. The van der Waals surface area contributed by atoms with Gasteiger partial charge < -0.3 is 15.4 Å². The highest BCUT2D eigenvalue weighted by molar-refractivity contribution is 7.99. The van der Waals surface area contributed by atoms with Crippen LogP contribution in [0.3, 0.4) is 0 Å². The number of rotatable bonds is 8. The Morgan fingerprint density at radius 2 is 1.88 bits per heavy atom. The Morgan fingerprint density at radius 1 is 1.16 bits per heavy atom. The standard InChI is InChI=1S/C19H21N3OS2/c1-23-17-7-9-18(10-8-17)25-14-2-13-21-19(24)22-16-5-3-15(4-6-16)11-12-20/h3-10H,2,11,13-14H2,1H3,(H2,21,22,24). The Hall–Kier alpha value is -2.23. The van der Waals surface area contributed by atoms with E-state index in [-0.39, 0.29) is 0 Å². The Labute approximate surface area is 158 Å². The number of hydrogen-bond donors (Lipinski definition) is 2. The minimum Gasteiger partial charge on any atom is -0.497 e. The van der Waals surface area contributed by atoms with E-state index >= 15 is 0 Å². The molecule has 0 atom stereocenters. The monoisotopic (exact) mass is 371 g/mol. The second-order valence-corrected chi connectivity index (χ2v) is 6.87. The number of nitrogens with one attached hydrogen (secondary N) is 2. The smallest absolute Gasteiger partial charge is 0.170 e. The lowest BCUT2D eigenvalue weighted by atomic mass is 10.1. The van der Waals surface area contributed by atoms with Gasteiger partial charge in [0.15, 0.2) is 5.11 Å². The van der Waals surface area contributed by atoms with Crippen molar-refractivity contribution in [1.82, 2.24) is 5.32 Å². The van der Waals surface area contributed by atoms with Crippen molar-refractivity contribution in [2.45, 2.75) is 17.7 Å². The van der Waals surface area contributed by atoms with Crippen LogP contribution in [0.1, 0.15) is 12.0 Å². The maximum atomic E-state index is 8.67. The fourth-order valence-corrected chi connectivity index (χ4v) is 3.18. The van der Waals surface area contributed by atoms with Crippen LogP contribution >= 0.6 is 24.0 Å². The van der Waals surface area contributed by atoms with Crippen molar-refractivity contribution in [2.24, 2.45) is 0 Å². The summed E-state index contributed by atoms with van der Waals surface area (Å²) in [4.78, 5) is 1.24. The first-order valence-electron chi connectivity index (χ1n) is 7.99. The molecule has 0 aliphatic rings. The molecule has 6 heteroatoms. The lowest BCUT2D eigenvalue weighted by Crippen LogP contribution is -2.29. The quantitative estimate of drug-likeness (QED) is 0.411. The summed E-state index contributed by atoms with van der Waals surface area (Å²) in [5.74, 6) is 1.90. The van der Waals surface area contributed by atoms with E-state index in [0.29, 0.717) is 11.5 Å². The first-order chi connectivity index (χ1) is 12.2. The highest BCUT2D eigenvalue weighted by Gasteiger charge is 1.99. The van der Waals surface area contributed by atoms with Crippen LogP contribution < -0.4 is 15.4 Å². The Morgan fingerprint density at radius 3 is 2.52 bits per heavy atom. The van der Waals surface area contributed by atoms with E-state index in [2.05, 4.69) is 28.8 Å². The molecule has 2 rings (SSSR count). The van der Waals surface area contributed by atoms with Crippen LogP contribution in [0.25, 0.3) is 0 Å². The first kappa shape index (κ1) is 19.1. The summed E-state index contributed by atoms with van der Waals surface area (Å²) in [6.07, 6.45) is 1.44. The molecule has 0 aliphatic heterocycles. The zero-order valence-electron chi connectivity index (χ0n) is 14.1. The summed E-state index contributed by atoms with van der Waals surface area (Å²) in [5, 5.41) is 15.6. The van der Waals surface area contributed by atoms with E-state index < -0.39 is 0 Å². The van der Waals surface area contributed by atoms with Crippen molar-refractivity contribution in [3.63, 3.8) is 0 Å². The third kappa shape index (κ3) is 7.04. The molecular formula is C19H21N3OS2.